The third-order valence-corrected chi connectivity index (χ3v) is 10.8. The maximum atomic E-state index is 13.8. The van der Waals surface area contributed by atoms with Crippen molar-refractivity contribution in [2.24, 2.45) is 0 Å². The SMILES string of the molecule is CC(COC(=O)N1CCC(n2c(=O)n(S(=O)(=O)c3ccc(C(F)(F)F)cc3)c3ccccc32)CC1)N(Cc1ccccc1)Cc1ccccc1. The summed E-state index contributed by atoms with van der Waals surface area (Å²) in [5.41, 5.74) is 0.962. The van der Waals surface area contributed by atoms with Crippen molar-refractivity contribution in [2.75, 3.05) is 19.7 Å². The minimum atomic E-state index is -4.64. The molecule has 2 heterocycles. The number of benzene rings is 4. The molecule has 13 heteroatoms. The van der Waals surface area contributed by atoms with E-state index in [0.29, 0.717) is 47.6 Å². The predicted molar refractivity (Wildman–Crippen MR) is 183 cm³/mol. The van der Waals surface area contributed by atoms with Crippen LogP contribution in [0.2, 0.25) is 0 Å². The first-order valence-corrected chi connectivity index (χ1v) is 17.8. The lowest BCUT2D eigenvalue weighted by molar-refractivity contribution is -0.137. The summed E-state index contributed by atoms with van der Waals surface area (Å²) in [5.74, 6) is 0. The highest BCUT2D eigenvalue weighted by Gasteiger charge is 2.33. The van der Waals surface area contributed by atoms with E-state index in [4.69, 9.17) is 4.74 Å². The summed E-state index contributed by atoms with van der Waals surface area (Å²) < 4.78 is 74.5. The third-order valence-electron chi connectivity index (χ3n) is 9.08. The Labute approximate surface area is 288 Å². The van der Waals surface area contributed by atoms with Gasteiger partial charge >= 0.3 is 18.0 Å². The second-order valence-corrected chi connectivity index (χ2v) is 14.2. The zero-order valence-corrected chi connectivity index (χ0v) is 28.2. The van der Waals surface area contributed by atoms with E-state index >= 15 is 0 Å². The Balaban J connectivity index is 1.14. The Morgan fingerprint density at radius 3 is 1.88 bits per heavy atom. The normalized spacial score (nSPS) is 15.0. The third kappa shape index (κ3) is 7.48. The lowest BCUT2D eigenvalue weighted by atomic mass is 10.0. The number of amides is 1. The number of para-hydroxylation sites is 2. The van der Waals surface area contributed by atoms with Crippen LogP contribution in [0.15, 0.2) is 119 Å². The highest BCUT2D eigenvalue weighted by molar-refractivity contribution is 7.90. The van der Waals surface area contributed by atoms with Crippen LogP contribution in [0.25, 0.3) is 11.0 Å². The van der Waals surface area contributed by atoms with Crippen molar-refractivity contribution in [3.63, 3.8) is 0 Å². The fourth-order valence-electron chi connectivity index (χ4n) is 6.35. The number of halogens is 3. The van der Waals surface area contributed by atoms with Crippen LogP contribution in [0, 0.1) is 0 Å². The van der Waals surface area contributed by atoms with Crippen LogP contribution in [0.3, 0.4) is 0 Å². The average molecular weight is 707 g/mol. The zero-order valence-electron chi connectivity index (χ0n) is 27.4. The summed E-state index contributed by atoms with van der Waals surface area (Å²) in [6.07, 6.45) is -4.37. The van der Waals surface area contributed by atoms with Gasteiger partial charge in [-0.05, 0) is 67.3 Å². The van der Waals surface area contributed by atoms with Crippen LogP contribution in [-0.2, 0) is 34.0 Å². The molecule has 262 valence electrons. The van der Waals surface area contributed by atoms with Gasteiger partial charge in [-0.3, -0.25) is 9.47 Å². The topological polar surface area (TPSA) is 93.8 Å². The van der Waals surface area contributed by atoms with Gasteiger partial charge in [0, 0.05) is 38.3 Å². The van der Waals surface area contributed by atoms with Crippen molar-refractivity contribution >= 4 is 27.1 Å². The first kappa shape index (κ1) is 35.0. The van der Waals surface area contributed by atoms with Gasteiger partial charge in [0.25, 0.3) is 10.0 Å². The number of ether oxygens (including phenoxy) is 1. The number of nitrogens with zero attached hydrogens (tertiary/aromatic N) is 4. The first-order valence-electron chi connectivity index (χ1n) is 16.3. The van der Waals surface area contributed by atoms with E-state index in [1.165, 1.54) is 10.6 Å². The number of hydrogen-bond donors (Lipinski definition) is 0. The molecule has 1 fully saturated rings. The molecule has 0 radical (unpaired) electrons. The van der Waals surface area contributed by atoms with Gasteiger partial charge in [0.2, 0.25) is 0 Å². The molecule has 1 aromatic heterocycles. The number of carbonyl (C=O) groups excluding carboxylic acids is 1. The van der Waals surface area contributed by atoms with Crippen molar-refractivity contribution in [1.82, 2.24) is 18.3 Å². The number of carbonyl (C=O) groups is 1. The van der Waals surface area contributed by atoms with Crippen molar-refractivity contribution < 1.29 is 31.1 Å². The summed E-state index contributed by atoms with van der Waals surface area (Å²) in [6, 6.07) is 29.1. The van der Waals surface area contributed by atoms with Crippen molar-refractivity contribution in [3.05, 3.63) is 136 Å². The number of rotatable bonds is 10. The summed E-state index contributed by atoms with van der Waals surface area (Å²) in [6.45, 7) is 4.12. The van der Waals surface area contributed by atoms with Gasteiger partial charge in [0.15, 0.2) is 0 Å². The van der Waals surface area contributed by atoms with Gasteiger partial charge in [-0.2, -0.15) is 17.1 Å². The molecule has 1 amide bonds. The molecule has 5 aromatic rings. The standard InChI is InChI=1S/C37H37F3N4O5S/c1-27(42(24-28-10-4-2-5-11-28)25-29-12-6-3-7-13-29)26-49-36(46)41-22-20-31(21-23-41)43-33-14-8-9-15-34(33)44(35(43)45)50(47,48)32-18-16-30(17-19-32)37(38,39)40/h2-19,27,31H,20-26H2,1H3. The van der Waals surface area contributed by atoms with Gasteiger partial charge < -0.3 is 9.64 Å². The summed E-state index contributed by atoms with van der Waals surface area (Å²) in [4.78, 5) is 30.4. The second-order valence-electron chi connectivity index (χ2n) is 12.5. The van der Waals surface area contributed by atoms with E-state index in [9.17, 15) is 31.2 Å². The first-order chi connectivity index (χ1) is 23.9. The Bertz CT molecular complexity index is 2050. The quantitative estimate of drug-likeness (QED) is 0.157. The molecule has 0 N–H and O–H groups in total. The second kappa shape index (κ2) is 14.5. The molecule has 1 aliphatic rings. The lowest BCUT2D eigenvalue weighted by Crippen LogP contribution is -2.43. The minimum absolute atomic E-state index is 0.0896. The van der Waals surface area contributed by atoms with Crippen molar-refractivity contribution in [2.45, 2.75) is 56.0 Å². The summed E-state index contributed by atoms with van der Waals surface area (Å²) in [5, 5.41) is 0. The average Bonchev–Trinajstić information content (AvgIpc) is 3.43. The molecule has 1 saturated heterocycles. The number of hydrogen-bond acceptors (Lipinski definition) is 6. The number of fused-ring (bicyclic) bond motifs is 1. The molecule has 50 heavy (non-hydrogen) atoms. The fraction of sp³-hybridized carbons (Fsp3) is 0.297. The lowest BCUT2D eigenvalue weighted by Gasteiger charge is -2.33. The van der Waals surface area contributed by atoms with Gasteiger partial charge in [0.1, 0.15) is 6.61 Å². The monoisotopic (exact) mass is 706 g/mol. The number of piperidine rings is 1. The largest absolute Gasteiger partial charge is 0.448 e. The molecular weight excluding hydrogens is 669 g/mol. The van der Waals surface area contributed by atoms with E-state index in [2.05, 4.69) is 29.2 Å². The van der Waals surface area contributed by atoms with Crippen LogP contribution < -0.4 is 5.69 Å². The molecule has 1 unspecified atom stereocenters. The summed E-state index contributed by atoms with van der Waals surface area (Å²) >= 11 is 0. The smallest absolute Gasteiger partial charge is 0.416 e. The van der Waals surface area contributed by atoms with Crippen molar-refractivity contribution in [1.29, 1.82) is 0 Å². The van der Waals surface area contributed by atoms with Crippen molar-refractivity contribution in [3.8, 4) is 0 Å². The summed E-state index contributed by atoms with van der Waals surface area (Å²) in [7, 11) is -4.54. The predicted octanol–water partition coefficient (Wildman–Crippen LogP) is 6.92. The molecular formula is C37H37F3N4O5S. The fourth-order valence-corrected chi connectivity index (χ4v) is 7.75. The molecule has 1 atom stereocenters. The Morgan fingerprint density at radius 2 is 1.34 bits per heavy atom. The number of likely N-dealkylation sites (tertiary alicyclic amines) is 1. The number of alkyl halides is 3. The van der Waals surface area contributed by atoms with Gasteiger partial charge in [-0.1, -0.05) is 72.8 Å². The Kier molecular flexibility index (Phi) is 10.2. The highest BCUT2D eigenvalue weighted by Crippen LogP contribution is 2.31. The van der Waals surface area contributed by atoms with E-state index in [1.807, 2.05) is 43.3 Å². The molecule has 4 aromatic carbocycles. The number of aromatic nitrogens is 2. The molecule has 9 nitrogen and oxygen atoms in total. The molecule has 0 spiro atoms. The molecule has 0 bridgehead atoms. The van der Waals surface area contributed by atoms with Crippen LogP contribution in [0.4, 0.5) is 18.0 Å². The van der Waals surface area contributed by atoms with E-state index < -0.39 is 44.5 Å². The molecule has 6 rings (SSSR count). The number of imidazole rings is 1. The van der Waals surface area contributed by atoms with E-state index in [-0.39, 0.29) is 31.3 Å². The van der Waals surface area contributed by atoms with Crippen LogP contribution in [-0.4, -0.2) is 58.6 Å². The maximum absolute atomic E-state index is 13.8. The van der Waals surface area contributed by atoms with E-state index in [0.717, 1.165) is 23.3 Å². The van der Waals surface area contributed by atoms with Crippen LogP contribution >= 0.6 is 0 Å². The van der Waals surface area contributed by atoms with Crippen LogP contribution in [0.5, 0.6) is 0 Å². The van der Waals surface area contributed by atoms with Gasteiger partial charge in [-0.25, -0.2) is 18.0 Å². The zero-order chi connectivity index (χ0) is 35.5. The molecule has 0 saturated carbocycles. The molecule has 1 aliphatic heterocycles. The van der Waals surface area contributed by atoms with Crippen LogP contribution in [0.1, 0.15) is 42.5 Å². The van der Waals surface area contributed by atoms with E-state index in [1.54, 1.807) is 23.1 Å². The Hall–Kier alpha value is -4.88. The minimum Gasteiger partial charge on any atom is -0.448 e. The highest BCUT2D eigenvalue weighted by atomic mass is 32.2. The maximum Gasteiger partial charge on any atom is 0.416 e. The van der Waals surface area contributed by atoms with Gasteiger partial charge in [0.05, 0.1) is 21.5 Å². The molecule has 0 aliphatic carbocycles. The Morgan fingerprint density at radius 1 is 0.820 bits per heavy atom. The van der Waals surface area contributed by atoms with Gasteiger partial charge in [-0.15, -0.1) is 0 Å².